The second-order valence-electron chi connectivity index (χ2n) is 4.53. The summed E-state index contributed by atoms with van der Waals surface area (Å²) in [5, 5.41) is 15.9. The van der Waals surface area contributed by atoms with Crippen LogP contribution >= 0.6 is 0 Å². The Bertz CT molecular complexity index is 478. The maximum Gasteiger partial charge on any atom is 0.108 e. The van der Waals surface area contributed by atoms with Crippen molar-refractivity contribution in [3.8, 4) is 0 Å². The van der Waals surface area contributed by atoms with Gasteiger partial charge in [0.25, 0.3) is 0 Å². The maximum atomic E-state index is 8.05. The van der Waals surface area contributed by atoms with Crippen LogP contribution in [0, 0.1) is 17.7 Å². The second kappa shape index (κ2) is 4.20. The maximum absolute atomic E-state index is 8.05. The van der Waals surface area contributed by atoms with Crippen molar-refractivity contribution in [2.45, 2.75) is 20.3 Å². The first kappa shape index (κ1) is 11.6. The van der Waals surface area contributed by atoms with Crippen LogP contribution < -0.4 is 9.80 Å². The van der Waals surface area contributed by atoms with Gasteiger partial charge in [0.15, 0.2) is 0 Å². The number of benzene rings is 1. The average Bonchev–Trinajstić information content (AvgIpc) is 2.38. The van der Waals surface area contributed by atoms with E-state index in [1.807, 2.05) is 19.2 Å². The van der Waals surface area contributed by atoms with Crippen LogP contribution in [0.15, 0.2) is 18.2 Å². The monoisotopic (exact) mass is 230 g/mol. The zero-order valence-corrected chi connectivity index (χ0v) is 10.5. The van der Waals surface area contributed by atoms with Gasteiger partial charge in [0, 0.05) is 20.0 Å². The van der Waals surface area contributed by atoms with Crippen LogP contribution in [-0.2, 0) is 0 Å². The van der Waals surface area contributed by atoms with E-state index >= 15 is 0 Å². The molecule has 0 aliphatic carbocycles. The van der Waals surface area contributed by atoms with Crippen LogP contribution in [0.1, 0.15) is 18.9 Å². The Balaban J connectivity index is 2.60. The molecule has 4 heteroatoms. The highest BCUT2D eigenvalue weighted by molar-refractivity contribution is 6.18. The van der Waals surface area contributed by atoms with Gasteiger partial charge in [-0.15, -0.1) is 0 Å². The molecule has 1 aromatic carbocycles. The van der Waals surface area contributed by atoms with E-state index in [0.29, 0.717) is 18.1 Å². The number of rotatable bonds is 0. The lowest BCUT2D eigenvalue weighted by atomic mass is 10.1. The van der Waals surface area contributed by atoms with Gasteiger partial charge >= 0.3 is 0 Å². The molecule has 0 amide bonds. The molecular weight excluding hydrogens is 212 g/mol. The Morgan fingerprint density at radius 3 is 2.65 bits per heavy atom. The van der Waals surface area contributed by atoms with E-state index in [0.717, 1.165) is 17.9 Å². The van der Waals surface area contributed by atoms with Gasteiger partial charge in [-0.25, -0.2) is 0 Å². The molecule has 0 bridgehead atoms. The number of aryl methyl sites for hydroxylation is 1. The van der Waals surface area contributed by atoms with Crippen molar-refractivity contribution in [1.82, 2.24) is 0 Å². The van der Waals surface area contributed by atoms with Gasteiger partial charge in [0.05, 0.1) is 11.4 Å². The first-order valence-corrected chi connectivity index (χ1v) is 5.75. The van der Waals surface area contributed by atoms with E-state index in [1.54, 1.807) is 11.8 Å². The van der Waals surface area contributed by atoms with Crippen LogP contribution in [0.25, 0.3) is 0 Å². The zero-order valence-electron chi connectivity index (χ0n) is 10.5. The van der Waals surface area contributed by atoms with Gasteiger partial charge in [-0.05, 0) is 31.5 Å². The van der Waals surface area contributed by atoms with E-state index in [-0.39, 0.29) is 0 Å². The van der Waals surface area contributed by atoms with E-state index in [2.05, 4.69) is 17.9 Å². The van der Waals surface area contributed by atoms with Gasteiger partial charge in [-0.3, -0.25) is 15.7 Å². The molecule has 4 nitrogen and oxygen atoms in total. The largest absolute Gasteiger partial charge is 0.372 e. The normalized spacial score (nSPS) is 15.6. The van der Waals surface area contributed by atoms with E-state index < -0.39 is 0 Å². The third-order valence-electron chi connectivity index (χ3n) is 3.07. The summed E-state index contributed by atoms with van der Waals surface area (Å²) in [7, 11) is 2.04. The fraction of sp³-hybridized carbons (Fsp3) is 0.385. The average molecular weight is 230 g/mol. The highest BCUT2D eigenvalue weighted by Crippen LogP contribution is 2.33. The molecule has 1 aromatic rings. The van der Waals surface area contributed by atoms with Crippen LogP contribution in [0.3, 0.4) is 0 Å². The molecule has 2 rings (SSSR count). The summed E-state index contributed by atoms with van der Waals surface area (Å²) in [6.45, 7) is 4.61. The smallest absolute Gasteiger partial charge is 0.108 e. The zero-order chi connectivity index (χ0) is 12.6. The molecule has 90 valence electrons. The van der Waals surface area contributed by atoms with Crippen LogP contribution in [-0.4, -0.2) is 25.3 Å². The van der Waals surface area contributed by atoms with Crippen LogP contribution in [0.5, 0.6) is 0 Å². The number of nitrogens with zero attached hydrogens (tertiary/aromatic N) is 2. The highest BCUT2D eigenvalue weighted by atomic mass is 15.3. The molecule has 17 heavy (non-hydrogen) atoms. The Morgan fingerprint density at radius 2 is 2.00 bits per heavy atom. The number of hydrogen-bond acceptors (Lipinski definition) is 3. The fourth-order valence-corrected chi connectivity index (χ4v) is 2.16. The van der Waals surface area contributed by atoms with E-state index in [9.17, 15) is 0 Å². The number of hydrogen-bond donors (Lipinski definition) is 2. The van der Waals surface area contributed by atoms with Crippen molar-refractivity contribution in [3.63, 3.8) is 0 Å². The molecule has 0 fully saturated rings. The van der Waals surface area contributed by atoms with Crippen molar-refractivity contribution in [1.29, 1.82) is 10.8 Å². The Labute approximate surface area is 102 Å². The van der Waals surface area contributed by atoms with Crippen molar-refractivity contribution >= 4 is 23.0 Å². The predicted molar refractivity (Wildman–Crippen MR) is 72.7 cm³/mol. The van der Waals surface area contributed by atoms with Crippen molar-refractivity contribution < 1.29 is 0 Å². The highest BCUT2D eigenvalue weighted by Gasteiger charge is 2.23. The lowest BCUT2D eigenvalue weighted by Crippen LogP contribution is -2.33. The quantitative estimate of drug-likeness (QED) is 0.531. The van der Waals surface area contributed by atoms with E-state index in [1.165, 1.54) is 5.56 Å². The number of nitrogens with one attached hydrogen (secondary N) is 2. The van der Waals surface area contributed by atoms with Gasteiger partial charge in [0.2, 0.25) is 0 Å². The molecule has 0 saturated carbocycles. The van der Waals surface area contributed by atoms with Gasteiger partial charge in [-0.1, -0.05) is 6.07 Å². The molecular formula is C13H18N4. The first-order chi connectivity index (χ1) is 8.00. The Morgan fingerprint density at radius 1 is 1.29 bits per heavy atom. The molecule has 1 heterocycles. The molecule has 0 aromatic heterocycles. The molecule has 0 unspecified atom stereocenters. The lowest BCUT2D eigenvalue weighted by molar-refractivity contribution is 0.924. The van der Waals surface area contributed by atoms with E-state index in [4.69, 9.17) is 10.8 Å². The molecule has 0 saturated heterocycles. The SMILES string of the molecule is CC(=N)N1C(=N)CCN(C)c2cc(C)ccc21. The number of amidine groups is 2. The summed E-state index contributed by atoms with van der Waals surface area (Å²) < 4.78 is 0. The topological polar surface area (TPSA) is 54.2 Å². The third kappa shape index (κ3) is 2.02. The van der Waals surface area contributed by atoms with Gasteiger partial charge in [0.1, 0.15) is 11.7 Å². The Hall–Kier alpha value is -1.84. The minimum Gasteiger partial charge on any atom is -0.372 e. The molecule has 0 atom stereocenters. The number of fused-ring (bicyclic) bond motifs is 1. The summed E-state index contributed by atoms with van der Waals surface area (Å²) in [4.78, 5) is 3.87. The fourth-order valence-electron chi connectivity index (χ4n) is 2.16. The minimum absolute atomic E-state index is 0.399. The summed E-state index contributed by atoms with van der Waals surface area (Å²) in [5.74, 6) is 0.891. The molecule has 0 spiro atoms. The molecule has 2 N–H and O–H groups in total. The summed E-state index contributed by atoms with van der Waals surface area (Å²) in [6.07, 6.45) is 0.667. The van der Waals surface area contributed by atoms with Crippen molar-refractivity contribution in [3.05, 3.63) is 23.8 Å². The third-order valence-corrected chi connectivity index (χ3v) is 3.07. The van der Waals surface area contributed by atoms with Gasteiger partial charge in [-0.2, -0.15) is 0 Å². The molecule has 1 aliphatic rings. The molecule has 0 radical (unpaired) electrons. The lowest BCUT2D eigenvalue weighted by Gasteiger charge is -2.25. The molecule has 1 aliphatic heterocycles. The summed E-state index contributed by atoms with van der Waals surface area (Å²) >= 11 is 0. The van der Waals surface area contributed by atoms with Crippen LogP contribution in [0.4, 0.5) is 11.4 Å². The predicted octanol–water partition coefficient (Wildman–Crippen LogP) is 2.62. The van der Waals surface area contributed by atoms with Crippen LogP contribution in [0.2, 0.25) is 0 Å². The standard InChI is InChI=1S/C13H18N4/c1-9-4-5-11-12(8-9)16(3)7-6-13(15)17(11)10(2)14/h4-5,8,14-15H,6-7H2,1-3H3. The minimum atomic E-state index is 0.399. The van der Waals surface area contributed by atoms with Gasteiger partial charge < -0.3 is 4.90 Å². The van der Waals surface area contributed by atoms with Crippen molar-refractivity contribution in [2.75, 3.05) is 23.4 Å². The van der Waals surface area contributed by atoms with Crippen molar-refractivity contribution in [2.24, 2.45) is 0 Å². The Kier molecular flexibility index (Phi) is 2.88. The second-order valence-corrected chi connectivity index (χ2v) is 4.53. The number of anilines is 2. The first-order valence-electron chi connectivity index (χ1n) is 5.75. The summed E-state index contributed by atoms with van der Waals surface area (Å²) in [6, 6.07) is 6.14. The summed E-state index contributed by atoms with van der Waals surface area (Å²) in [5.41, 5.74) is 3.23.